The van der Waals surface area contributed by atoms with E-state index in [1.54, 1.807) is 4.90 Å². The zero-order chi connectivity index (χ0) is 15.3. The van der Waals surface area contributed by atoms with Crippen LogP contribution in [0.2, 0.25) is 0 Å². The molecule has 2 fully saturated rings. The number of hydrogen-bond donors (Lipinski definition) is 2. The van der Waals surface area contributed by atoms with Crippen LogP contribution in [0.1, 0.15) is 44.0 Å². The van der Waals surface area contributed by atoms with Crippen molar-refractivity contribution in [3.63, 3.8) is 0 Å². The summed E-state index contributed by atoms with van der Waals surface area (Å²) in [4.78, 5) is 21.4. The number of rotatable bonds is 1. The van der Waals surface area contributed by atoms with Crippen LogP contribution >= 0.6 is 15.9 Å². The number of nitrogens with zero attached hydrogens (tertiary/aromatic N) is 2. The van der Waals surface area contributed by atoms with Crippen molar-refractivity contribution in [1.29, 1.82) is 0 Å². The molecule has 5 nitrogen and oxygen atoms in total. The van der Waals surface area contributed by atoms with Crippen LogP contribution in [0.25, 0.3) is 11.0 Å². The fourth-order valence-electron chi connectivity index (χ4n) is 4.14. The average Bonchev–Trinajstić information content (AvgIpc) is 3.06. The molecule has 2 heterocycles. The first-order valence-corrected chi connectivity index (χ1v) is 8.59. The molecule has 0 spiro atoms. The molecule has 3 unspecified atom stereocenters. The van der Waals surface area contributed by atoms with Gasteiger partial charge in [0, 0.05) is 10.5 Å². The van der Waals surface area contributed by atoms with Crippen LogP contribution in [0.15, 0.2) is 22.7 Å². The molecule has 116 valence electrons. The lowest BCUT2D eigenvalue weighted by Crippen LogP contribution is -2.39. The van der Waals surface area contributed by atoms with Gasteiger partial charge in [-0.1, -0.05) is 28.8 Å². The summed E-state index contributed by atoms with van der Waals surface area (Å²) in [7, 11) is 0. The minimum absolute atomic E-state index is 0.142. The van der Waals surface area contributed by atoms with Gasteiger partial charge in [0.1, 0.15) is 5.82 Å². The molecule has 1 aromatic heterocycles. The molecule has 4 rings (SSSR count). The van der Waals surface area contributed by atoms with Crippen LogP contribution in [-0.4, -0.2) is 32.1 Å². The van der Waals surface area contributed by atoms with Gasteiger partial charge in [0.15, 0.2) is 0 Å². The van der Waals surface area contributed by atoms with E-state index in [-0.39, 0.29) is 12.1 Å². The number of amides is 1. The first-order valence-electron chi connectivity index (χ1n) is 7.80. The van der Waals surface area contributed by atoms with Gasteiger partial charge in [-0.15, -0.1) is 0 Å². The highest BCUT2D eigenvalue weighted by atomic mass is 79.9. The molecular formula is C16H18BrN3O2. The minimum atomic E-state index is -0.818. The lowest BCUT2D eigenvalue weighted by molar-refractivity contribution is 0.107. The maximum Gasteiger partial charge on any atom is 0.408 e. The van der Waals surface area contributed by atoms with Crippen LogP contribution in [0.5, 0.6) is 0 Å². The number of likely N-dealkylation sites (tertiary alicyclic amines) is 1. The van der Waals surface area contributed by atoms with E-state index in [1.165, 1.54) is 6.42 Å². The molecule has 6 heteroatoms. The van der Waals surface area contributed by atoms with Crippen molar-refractivity contribution in [1.82, 2.24) is 14.9 Å². The zero-order valence-corrected chi connectivity index (χ0v) is 13.7. The van der Waals surface area contributed by atoms with Gasteiger partial charge in [-0.25, -0.2) is 9.78 Å². The van der Waals surface area contributed by atoms with Gasteiger partial charge in [0.2, 0.25) is 0 Å². The fourth-order valence-corrected chi connectivity index (χ4v) is 4.50. The predicted molar refractivity (Wildman–Crippen MR) is 86.8 cm³/mol. The molecule has 0 radical (unpaired) electrons. The molecule has 1 aromatic carbocycles. The molecule has 2 N–H and O–H groups in total. The summed E-state index contributed by atoms with van der Waals surface area (Å²) in [6.45, 7) is 0. The first kappa shape index (κ1) is 14.1. The number of nitrogens with one attached hydrogen (secondary N) is 1. The third-order valence-electron chi connectivity index (χ3n) is 5.09. The Hall–Kier alpha value is -1.56. The highest BCUT2D eigenvalue weighted by molar-refractivity contribution is 9.10. The van der Waals surface area contributed by atoms with Crippen molar-refractivity contribution >= 4 is 33.1 Å². The van der Waals surface area contributed by atoms with Crippen LogP contribution in [0.3, 0.4) is 0 Å². The summed E-state index contributed by atoms with van der Waals surface area (Å²) in [6.07, 6.45) is 4.54. The van der Waals surface area contributed by atoms with Gasteiger partial charge >= 0.3 is 6.09 Å². The SMILES string of the molecule is O=C(O)N1C(c2nc3ccc(Br)cc3[nH]2)CC2CCCCC21. The van der Waals surface area contributed by atoms with Crippen molar-refractivity contribution in [2.24, 2.45) is 5.92 Å². The van der Waals surface area contributed by atoms with Gasteiger partial charge in [0.05, 0.1) is 17.1 Å². The standard InChI is InChI=1S/C16H18BrN3O2/c17-10-5-6-11-12(8-10)19-15(18-11)14-7-9-3-1-2-4-13(9)20(14)16(21)22/h5-6,8-9,13-14H,1-4,7H2,(H,18,19)(H,21,22). The van der Waals surface area contributed by atoms with E-state index in [1.807, 2.05) is 18.2 Å². The Labute approximate surface area is 136 Å². The second-order valence-electron chi connectivity index (χ2n) is 6.34. The molecule has 2 aliphatic rings. The van der Waals surface area contributed by atoms with Gasteiger partial charge < -0.3 is 10.1 Å². The number of H-pyrrole nitrogens is 1. The van der Waals surface area contributed by atoms with Crippen LogP contribution in [0.4, 0.5) is 4.79 Å². The lowest BCUT2D eigenvalue weighted by Gasteiger charge is -2.31. The first-order chi connectivity index (χ1) is 10.6. The largest absolute Gasteiger partial charge is 0.465 e. The second kappa shape index (κ2) is 5.26. The van der Waals surface area contributed by atoms with Gasteiger partial charge in [0.25, 0.3) is 0 Å². The predicted octanol–water partition coefficient (Wildman–Crippen LogP) is 4.31. The number of imidazole rings is 1. The summed E-state index contributed by atoms with van der Waals surface area (Å²) in [5, 5.41) is 9.68. The van der Waals surface area contributed by atoms with Crippen molar-refractivity contribution < 1.29 is 9.90 Å². The van der Waals surface area contributed by atoms with Gasteiger partial charge in [-0.05, 0) is 43.4 Å². The average molecular weight is 364 g/mol. The molecule has 3 atom stereocenters. The van der Waals surface area contributed by atoms with Crippen LogP contribution in [0, 0.1) is 5.92 Å². The van der Waals surface area contributed by atoms with E-state index in [0.717, 1.165) is 47.0 Å². The molecule has 1 aliphatic carbocycles. The topological polar surface area (TPSA) is 69.2 Å². The number of aromatic amines is 1. The molecule has 1 amide bonds. The Kier molecular flexibility index (Phi) is 3.36. The molecule has 1 saturated carbocycles. The number of benzene rings is 1. The molecule has 2 aromatic rings. The van der Waals surface area contributed by atoms with E-state index in [0.29, 0.717) is 5.92 Å². The van der Waals surface area contributed by atoms with Crippen LogP contribution < -0.4 is 0 Å². The van der Waals surface area contributed by atoms with E-state index < -0.39 is 6.09 Å². The normalized spacial score (nSPS) is 28.0. The molecular weight excluding hydrogens is 346 g/mol. The third kappa shape index (κ3) is 2.20. The van der Waals surface area contributed by atoms with Crippen molar-refractivity contribution in [3.05, 3.63) is 28.5 Å². The smallest absolute Gasteiger partial charge is 0.408 e. The summed E-state index contributed by atoms with van der Waals surface area (Å²) in [6, 6.07) is 5.91. The fraction of sp³-hybridized carbons (Fsp3) is 0.500. The Bertz CT molecular complexity index is 729. The second-order valence-corrected chi connectivity index (χ2v) is 7.25. The number of halogens is 1. The third-order valence-corrected chi connectivity index (χ3v) is 5.58. The minimum Gasteiger partial charge on any atom is -0.465 e. The summed E-state index contributed by atoms with van der Waals surface area (Å²) in [5.41, 5.74) is 1.84. The van der Waals surface area contributed by atoms with E-state index in [2.05, 4.69) is 25.9 Å². The Morgan fingerprint density at radius 2 is 2.18 bits per heavy atom. The van der Waals surface area contributed by atoms with E-state index >= 15 is 0 Å². The van der Waals surface area contributed by atoms with Crippen molar-refractivity contribution in [2.75, 3.05) is 0 Å². The maximum absolute atomic E-state index is 11.8. The van der Waals surface area contributed by atoms with Crippen LogP contribution in [-0.2, 0) is 0 Å². The van der Waals surface area contributed by atoms with Gasteiger partial charge in [-0.2, -0.15) is 0 Å². The highest BCUT2D eigenvalue weighted by Gasteiger charge is 2.46. The number of hydrogen-bond acceptors (Lipinski definition) is 2. The Balaban J connectivity index is 1.73. The number of carboxylic acid groups (broad SMARTS) is 1. The Morgan fingerprint density at radius 1 is 1.36 bits per heavy atom. The Morgan fingerprint density at radius 3 is 3.00 bits per heavy atom. The molecule has 0 bridgehead atoms. The summed E-state index contributed by atoms with van der Waals surface area (Å²) in [5.74, 6) is 1.26. The quantitative estimate of drug-likeness (QED) is 0.792. The molecule has 22 heavy (non-hydrogen) atoms. The molecule has 1 aliphatic heterocycles. The number of fused-ring (bicyclic) bond motifs is 2. The van der Waals surface area contributed by atoms with E-state index in [9.17, 15) is 9.90 Å². The highest BCUT2D eigenvalue weighted by Crippen LogP contribution is 2.45. The van der Waals surface area contributed by atoms with Crippen molar-refractivity contribution in [3.8, 4) is 0 Å². The monoisotopic (exact) mass is 363 g/mol. The van der Waals surface area contributed by atoms with Gasteiger partial charge in [-0.3, -0.25) is 4.90 Å². The van der Waals surface area contributed by atoms with E-state index in [4.69, 9.17) is 0 Å². The lowest BCUT2D eigenvalue weighted by atomic mass is 9.85. The summed E-state index contributed by atoms with van der Waals surface area (Å²) < 4.78 is 0.991. The number of aromatic nitrogens is 2. The molecule has 1 saturated heterocycles. The maximum atomic E-state index is 11.8. The number of carbonyl (C=O) groups is 1. The van der Waals surface area contributed by atoms with Crippen molar-refractivity contribution in [2.45, 2.75) is 44.2 Å². The summed E-state index contributed by atoms with van der Waals surface area (Å²) >= 11 is 3.46. The zero-order valence-electron chi connectivity index (χ0n) is 12.1.